The lowest BCUT2D eigenvalue weighted by atomic mass is 10.0. The van der Waals surface area contributed by atoms with Crippen molar-refractivity contribution in [2.24, 2.45) is 0 Å². The van der Waals surface area contributed by atoms with Gasteiger partial charge in [-0.2, -0.15) is 0 Å². The molecule has 3 rings (SSSR count). The van der Waals surface area contributed by atoms with Crippen LogP contribution >= 0.6 is 0 Å². The SMILES string of the molecule is Fc1ccc(CN2CCCC(NCc3ccccc3)C2)cc1F. The second-order valence-corrected chi connectivity index (χ2v) is 6.19. The van der Waals surface area contributed by atoms with Crippen LogP contribution in [0.1, 0.15) is 24.0 Å². The van der Waals surface area contributed by atoms with Crippen molar-refractivity contribution in [1.82, 2.24) is 10.2 Å². The van der Waals surface area contributed by atoms with Gasteiger partial charge in [-0.15, -0.1) is 0 Å². The van der Waals surface area contributed by atoms with Crippen LogP contribution in [0.4, 0.5) is 8.78 Å². The first-order valence-corrected chi connectivity index (χ1v) is 8.14. The van der Waals surface area contributed by atoms with Crippen molar-refractivity contribution in [2.45, 2.75) is 32.0 Å². The monoisotopic (exact) mass is 316 g/mol. The molecule has 0 radical (unpaired) electrons. The molecule has 23 heavy (non-hydrogen) atoms. The van der Waals surface area contributed by atoms with Crippen LogP contribution in [0.5, 0.6) is 0 Å². The summed E-state index contributed by atoms with van der Waals surface area (Å²) in [6, 6.07) is 15.0. The summed E-state index contributed by atoms with van der Waals surface area (Å²) in [6.07, 6.45) is 2.28. The lowest BCUT2D eigenvalue weighted by molar-refractivity contribution is 0.182. The second-order valence-electron chi connectivity index (χ2n) is 6.19. The van der Waals surface area contributed by atoms with Gasteiger partial charge >= 0.3 is 0 Å². The number of hydrogen-bond donors (Lipinski definition) is 1. The fourth-order valence-electron chi connectivity index (χ4n) is 3.12. The summed E-state index contributed by atoms with van der Waals surface area (Å²) in [6.45, 7) is 3.47. The van der Waals surface area contributed by atoms with Crippen molar-refractivity contribution < 1.29 is 8.78 Å². The van der Waals surface area contributed by atoms with Gasteiger partial charge in [0.15, 0.2) is 11.6 Å². The molecule has 1 saturated heterocycles. The fourth-order valence-corrected chi connectivity index (χ4v) is 3.12. The predicted molar refractivity (Wildman–Crippen MR) is 87.9 cm³/mol. The topological polar surface area (TPSA) is 15.3 Å². The molecular weight excluding hydrogens is 294 g/mol. The summed E-state index contributed by atoms with van der Waals surface area (Å²) >= 11 is 0. The minimum Gasteiger partial charge on any atom is -0.309 e. The minimum absolute atomic E-state index is 0.439. The van der Waals surface area contributed by atoms with Crippen molar-refractivity contribution >= 4 is 0 Å². The molecule has 1 aliphatic heterocycles. The van der Waals surface area contributed by atoms with Gasteiger partial charge in [0.05, 0.1) is 0 Å². The fraction of sp³-hybridized carbons (Fsp3) is 0.368. The molecule has 2 nitrogen and oxygen atoms in total. The molecule has 1 unspecified atom stereocenters. The highest BCUT2D eigenvalue weighted by Gasteiger charge is 2.19. The van der Waals surface area contributed by atoms with E-state index in [0.717, 1.165) is 38.0 Å². The molecule has 122 valence electrons. The molecule has 4 heteroatoms. The Morgan fingerprint density at radius 1 is 1.00 bits per heavy atom. The maximum Gasteiger partial charge on any atom is 0.159 e. The molecule has 1 atom stereocenters. The van der Waals surface area contributed by atoms with Gasteiger partial charge in [-0.25, -0.2) is 8.78 Å². The zero-order valence-electron chi connectivity index (χ0n) is 13.1. The summed E-state index contributed by atoms with van der Waals surface area (Å²) < 4.78 is 26.3. The number of hydrogen-bond acceptors (Lipinski definition) is 2. The van der Waals surface area contributed by atoms with Crippen LogP contribution in [-0.4, -0.2) is 24.0 Å². The third-order valence-corrected chi connectivity index (χ3v) is 4.33. The average Bonchev–Trinajstić information content (AvgIpc) is 2.58. The minimum atomic E-state index is -0.783. The van der Waals surface area contributed by atoms with E-state index >= 15 is 0 Å². The Balaban J connectivity index is 1.52. The van der Waals surface area contributed by atoms with E-state index in [1.165, 1.54) is 17.7 Å². The molecule has 2 aromatic rings. The third-order valence-electron chi connectivity index (χ3n) is 4.33. The van der Waals surface area contributed by atoms with Gasteiger partial charge in [0.25, 0.3) is 0 Å². The Bertz CT molecular complexity index is 631. The van der Waals surface area contributed by atoms with E-state index in [9.17, 15) is 8.78 Å². The van der Waals surface area contributed by atoms with Crippen LogP contribution in [0.3, 0.4) is 0 Å². The highest BCUT2D eigenvalue weighted by atomic mass is 19.2. The Morgan fingerprint density at radius 3 is 2.61 bits per heavy atom. The summed E-state index contributed by atoms with van der Waals surface area (Å²) in [5.74, 6) is -1.55. The zero-order chi connectivity index (χ0) is 16.1. The molecule has 0 amide bonds. The first-order chi connectivity index (χ1) is 11.2. The number of halogens is 2. The number of rotatable bonds is 5. The van der Waals surface area contributed by atoms with Gasteiger partial charge < -0.3 is 5.32 Å². The molecule has 0 aliphatic carbocycles. The van der Waals surface area contributed by atoms with E-state index in [2.05, 4.69) is 22.3 Å². The van der Waals surface area contributed by atoms with E-state index in [4.69, 9.17) is 0 Å². The Labute approximate surface area is 136 Å². The van der Waals surface area contributed by atoms with Gasteiger partial charge in [-0.1, -0.05) is 36.4 Å². The van der Waals surface area contributed by atoms with E-state index in [1.54, 1.807) is 6.07 Å². The molecule has 1 aliphatic rings. The van der Waals surface area contributed by atoms with Gasteiger partial charge in [0.2, 0.25) is 0 Å². The van der Waals surface area contributed by atoms with Crippen LogP contribution in [0, 0.1) is 11.6 Å². The zero-order valence-corrected chi connectivity index (χ0v) is 13.1. The van der Waals surface area contributed by atoms with Crippen LogP contribution in [0.2, 0.25) is 0 Å². The summed E-state index contributed by atoms with van der Waals surface area (Å²) in [7, 11) is 0. The van der Waals surface area contributed by atoms with Crippen LogP contribution in [0.25, 0.3) is 0 Å². The molecule has 1 fully saturated rings. The number of benzene rings is 2. The quantitative estimate of drug-likeness (QED) is 0.904. The molecular formula is C19H22F2N2. The normalized spacial score (nSPS) is 19.0. The van der Waals surface area contributed by atoms with Crippen molar-refractivity contribution in [3.05, 3.63) is 71.3 Å². The Morgan fingerprint density at radius 2 is 1.83 bits per heavy atom. The first-order valence-electron chi connectivity index (χ1n) is 8.14. The molecule has 2 aromatic carbocycles. The van der Waals surface area contributed by atoms with Crippen LogP contribution in [-0.2, 0) is 13.1 Å². The number of nitrogens with zero attached hydrogens (tertiary/aromatic N) is 1. The predicted octanol–water partition coefficient (Wildman–Crippen LogP) is 3.72. The first kappa shape index (κ1) is 16.1. The van der Waals surface area contributed by atoms with Gasteiger partial charge in [0, 0.05) is 25.7 Å². The van der Waals surface area contributed by atoms with Crippen molar-refractivity contribution in [2.75, 3.05) is 13.1 Å². The largest absolute Gasteiger partial charge is 0.309 e. The Hall–Kier alpha value is -1.78. The molecule has 1 heterocycles. The Kier molecular flexibility index (Phi) is 5.36. The summed E-state index contributed by atoms with van der Waals surface area (Å²) in [5, 5.41) is 3.60. The molecule has 0 aromatic heterocycles. The lowest BCUT2D eigenvalue weighted by Crippen LogP contribution is -2.45. The van der Waals surface area contributed by atoms with E-state index in [-0.39, 0.29) is 0 Å². The number of piperidine rings is 1. The van der Waals surface area contributed by atoms with Gasteiger partial charge in [-0.3, -0.25) is 4.90 Å². The average molecular weight is 316 g/mol. The van der Waals surface area contributed by atoms with E-state index in [1.807, 2.05) is 18.2 Å². The molecule has 1 N–H and O–H groups in total. The van der Waals surface area contributed by atoms with Crippen LogP contribution < -0.4 is 5.32 Å². The summed E-state index contributed by atoms with van der Waals surface area (Å²) in [5.41, 5.74) is 2.11. The van der Waals surface area contributed by atoms with Crippen LogP contribution in [0.15, 0.2) is 48.5 Å². The van der Waals surface area contributed by atoms with Gasteiger partial charge in [0.1, 0.15) is 0 Å². The maximum absolute atomic E-state index is 13.3. The van der Waals surface area contributed by atoms with Crippen molar-refractivity contribution in [3.63, 3.8) is 0 Å². The molecule has 0 spiro atoms. The summed E-state index contributed by atoms with van der Waals surface area (Å²) in [4.78, 5) is 2.30. The molecule has 0 saturated carbocycles. The number of nitrogens with one attached hydrogen (secondary N) is 1. The van der Waals surface area contributed by atoms with Crippen molar-refractivity contribution in [3.8, 4) is 0 Å². The maximum atomic E-state index is 13.3. The van der Waals surface area contributed by atoms with Crippen molar-refractivity contribution in [1.29, 1.82) is 0 Å². The third kappa shape index (κ3) is 4.60. The number of likely N-dealkylation sites (tertiary alicyclic amines) is 1. The van der Waals surface area contributed by atoms with E-state index < -0.39 is 11.6 Å². The standard InChI is InChI=1S/C19H22F2N2/c20-18-9-8-16(11-19(18)21)13-23-10-4-7-17(14-23)22-12-15-5-2-1-3-6-15/h1-3,5-6,8-9,11,17,22H,4,7,10,12-14H2. The lowest BCUT2D eigenvalue weighted by Gasteiger charge is -2.33. The van der Waals surface area contributed by atoms with Gasteiger partial charge in [-0.05, 0) is 42.6 Å². The smallest absolute Gasteiger partial charge is 0.159 e. The highest BCUT2D eigenvalue weighted by Crippen LogP contribution is 2.16. The highest BCUT2D eigenvalue weighted by molar-refractivity contribution is 5.18. The second kappa shape index (κ2) is 7.66. The van der Waals surface area contributed by atoms with E-state index in [0.29, 0.717) is 12.6 Å². The molecule has 0 bridgehead atoms.